The molecule has 0 bridgehead atoms. The first-order valence-corrected chi connectivity index (χ1v) is 5.20. The molecular weight excluding hydrogens is 174 g/mol. The second-order valence-corrected chi connectivity index (χ2v) is 4.05. The van der Waals surface area contributed by atoms with Gasteiger partial charge in [0.15, 0.2) is 0 Å². The molecule has 76 valence electrons. The molecule has 0 saturated heterocycles. The van der Waals surface area contributed by atoms with Crippen LogP contribution in [0.1, 0.15) is 25.5 Å². The number of rotatable bonds is 3. The molecule has 2 atom stereocenters. The average Bonchev–Trinajstić information content (AvgIpc) is 2.90. The Morgan fingerprint density at radius 3 is 3.00 bits per heavy atom. The van der Waals surface area contributed by atoms with Gasteiger partial charge in [0.05, 0.1) is 5.69 Å². The Balaban J connectivity index is 2.06. The summed E-state index contributed by atoms with van der Waals surface area (Å²) in [6, 6.07) is 4.44. The van der Waals surface area contributed by atoms with Crippen LogP contribution < -0.4 is 11.1 Å². The lowest BCUT2D eigenvalue weighted by atomic mass is 10.3. The van der Waals surface area contributed by atoms with E-state index in [0.717, 1.165) is 23.1 Å². The van der Waals surface area contributed by atoms with Gasteiger partial charge in [-0.3, -0.25) is 0 Å². The van der Waals surface area contributed by atoms with Gasteiger partial charge >= 0.3 is 0 Å². The second kappa shape index (κ2) is 3.48. The molecule has 3 N–H and O–H groups in total. The molecule has 1 heterocycles. The van der Waals surface area contributed by atoms with Gasteiger partial charge in [-0.1, -0.05) is 13.3 Å². The third-order valence-electron chi connectivity index (χ3n) is 2.83. The highest BCUT2D eigenvalue weighted by Gasteiger charge is 2.35. The predicted molar refractivity (Wildman–Crippen MR) is 59.2 cm³/mol. The van der Waals surface area contributed by atoms with Crippen LogP contribution in [0.4, 0.5) is 11.5 Å². The first-order valence-electron chi connectivity index (χ1n) is 5.20. The molecule has 0 amide bonds. The fourth-order valence-corrected chi connectivity index (χ4v) is 1.73. The van der Waals surface area contributed by atoms with Crippen LogP contribution in [0.2, 0.25) is 0 Å². The van der Waals surface area contributed by atoms with Crippen LogP contribution in [-0.2, 0) is 0 Å². The lowest BCUT2D eigenvalue weighted by Crippen LogP contribution is -2.08. The van der Waals surface area contributed by atoms with Crippen LogP contribution in [0.3, 0.4) is 0 Å². The highest BCUT2D eigenvalue weighted by atomic mass is 15.1. The van der Waals surface area contributed by atoms with E-state index < -0.39 is 0 Å². The number of nitrogens with two attached hydrogens (primary N) is 1. The smallest absolute Gasteiger partial charge is 0.149 e. The van der Waals surface area contributed by atoms with E-state index in [1.807, 2.05) is 19.1 Å². The Hall–Kier alpha value is -1.25. The van der Waals surface area contributed by atoms with Gasteiger partial charge in [0.1, 0.15) is 5.82 Å². The average molecular weight is 191 g/mol. The number of nitrogen functional groups attached to an aromatic ring is 1. The van der Waals surface area contributed by atoms with Crippen molar-refractivity contribution in [1.29, 1.82) is 0 Å². The molecule has 2 unspecified atom stereocenters. The van der Waals surface area contributed by atoms with Crippen molar-refractivity contribution in [2.75, 3.05) is 11.1 Å². The summed E-state index contributed by atoms with van der Waals surface area (Å²) in [5, 5.41) is 3.39. The minimum absolute atomic E-state index is 0.594. The van der Waals surface area contributed by atoms with Crippen molar-refractivity contribution >= 4 is 11.5 Å². The molecule has 0 spiro atoms. The van der Waals surface area contributed by atoms with Crippen LogP contribution in [0.15, 0.2) is 12.1 Å². The van der Waals surface area contributed by atoms with Crippen molar-refractivity contribution in [2.45, 2.75) is 32.7 Å². The SMILES string of the molecule is CCC1CC1Nc1nc(C)ccc1N. The van der Waals surface area contributed by atoms with E-state index in [0.29, 0.717) is 6.04 Å². The number of aromatic nitrogens is 1. The van der Waals surface area contributed by atoms with Gasteiger partial charge in [0.25, 0.3) is 0 Å². The summed E-state index contributed by atoms with van der Waals surface area (Å²) in [5.74, 6) is 1.67. The van der Waals surface area contributed by atoms with Gasteiger partial charge in [-0.15, -0.1) is 0 Å². The highest BCUT2D eigenvalue weighted by molar-refractivity contribution is 5.62. The molecule has 1 aliphatic carbocycles. The molecule has 1 fully saturated rings. The minimum atomic E-state index is 0.594. The molecule has 2 rings (SSSR count). The van der Waals surface area contributed by atoms with Gasteiger partial charge in [0.2, 0.25) is 0 Å². The number of anilines is 2. The normalized spacial score (nSPS) is 24.7. The first kappa shape index (κ1) is 9.31. The van der Waals surface area contributed by atoms with E-state index in [9.17, 15) is 0 Å². The van der Waals surface area contributed by atoms with Gasteiger partial charge in [-0.05, 0) is 31.4 Å². The van der Waals surface area contributed by atoms with Gasteiger partial charge in [-0.25, -0.2) is 4.98 Å². The largest absolute Gasteiger partial charge is 0.396 e. The Kier molecular flexibility index (Phi) is 2.32. The molecule has 0 aliphatic heterocycles. The number of hydrogen-bond donors (Lipinski definition) is 2. The molecule has 1 aliphatic rings. The molecule has 0 aromatic carbocycles. The van der Waals surface area contributed by atoms with Crippen LogP contribution >= 0.6 is 0 Å². The lowest BCUT2D eigenvalue weighted by Gasteiger charge is -2.08. The summed E-state index contributed by atoms with van der Waals surface area (Å²) in [4.78, 5) is 4.39. The lowest BCUT2D eigenvalue weighted by molar-refractivity contribution is 0.773. The Bertz CT molecular complexity index is 335. The summed E-state index contributed by atoms with van der Waals surface area (Å²) in [6.07, 6.45) is 2.49. The van der Waals surface area contributed by atoms with E-state index >= 15 is 0 Å². The number of pyridine rings is 1. The molecule has 1 aromatic rings. The molecular formula is C11H17N3. The molecule has 1 saturated carbocycles. The number of aryl methyl sites for hydroxylation is 1. The molecule has 1 aromatic heterocycles. The maximum absolute atomic E-state index is 5.83. The van der Waals surface area contributed by atoms with Crippen LogP contribution in [-0.4, -0.2) is 11.0 Å². The van der Waals surface area contributed by atoms with E-state index in [1.54, 1.807) is 0 Å². The van der Waals surface area contributed by atoms with E-state index in [-0.39, 0.29) is 0 Å². The zero-order valence-corrected chi connectivity index (χ0v) is 8.75. The Morgan fingerprint density at radius 1 is 1.57 bits per heavy atom. The quantitative estimate of drug-likeness (QED) is 0.770. The van der Waals surface area contributed by atoms with E-state index in [1.165, 1.54) is 12.8 Å². The standard InChI is InChI=1S/C11H17N3/c1-3-8-6-10(8)14-11-9(12)5-4-7(2)13-11/h4-5,8,10H,3,6,12H2,1-2H3,(H,13,14). The Morgan fingerprint density at radius 2 is 2.36 bits per heavy atom. The number of nitrogens with one attached hydrogen (secondary N) is 1. The van der Waals surface area contributed by atoms with Crippen LogP contribution in [0, 0.1) is 12.8 Å². The summed E-state index contributed by atoms with van der Waals surface area (Å²) in [5.41, 5.74) is 7.58. The summed E-state index contributed by atoms with van der Waals surface area (Å²) < 4.78 is 0. The van der Waals surface area contributed by atoms with E-state index in [4.69, 9.17) is 5.73 Å². The van der Waals surface area contributed by atoms with E-state index in [2.05, 4.69) is 17.2 Å². The highest BCUT2D eigenvalue weighted by Crippen LogP contribution is 2.36. The zero-order valence-electron chi connectivity index (χ0n) is 8.75. The van der Waals surface area contributed by atoms with Crippen molar-refractivity contribution in [3.8, 4) is 0 Å². The third kappa shape index (κ3) is 1.81. The van der Waals surface area contributed by atoms with Crippen LogP contribution in [0.5, 0.6) is 0 Å². The molecule has 14 heavy (non-hydrogen) atoms. The van der Waals surface area contributed by atoms with Crippen molar-refractivity contribution in [1.82, 2.24) is 4.98 Å². The fraction of sp³-hybridized carbons (Fsp3) is 0.545. The Labute approximate surface area is 84.7 Å². The fourth-order valence-electron chi connectivity index (χ4n) is 1.73. The van der Waals surface area contributed by atoms with Crippen molar-refractivity contribution in [3.05, 3.63) is 17.8 Å². The predicted octanol–water partition coefficient (Wildman–Crippen LogP) is 2.18. The summed E-state index contributed by atoms with van der Waals surface area (Å²) >= 11 is 0. The maximum atomic E-state index is 5.83. The van der Waals surface area contributed by atoms with Crippen LogP contribution in [0.25, 0.3) is 0 Å². The van der Waals surface area contributed by atoms with Crippen molar-refractivity contribution < 1.29 is 0 Å². The van der Waals surface area contributed by atoms with Gasteiger partial charge < -0.3 is 11.1 Å². The minimum Gasteiger partial charge on any atom is -0.396 e. The number of hydrogen-bond acceptors (Lipinski definition) is 3. The van der Waals surface area contributed by atoms with Crippen molar-refractivity contribution in [2.24, 2.45) is 5.92 Å². The van der Waals surface area contributed by atoms with Gasteiger partial charge in [-0.2, -0.15) is 0 Å². The second-order valence-electron chi connectivity index (χ2n) is 4.05. The van der Waals surface area contributed by atoms with Gasteiger partial charge in [0, 0.05) is 11.7 Å². The van der Waals surface area contributed by atoms with Crippen molar-refractivity contribution in [3.63, 3.8) is 0 Å². The maximum Gasteiger partial charge on any atom is 0.149 e. The zero-order chi connectivity index (χ0) is 10.1. The molecule has 3 nitrogen and oxygen atoms in total. The topological polar surface area (TPSA) is 50.9 Å². The third-order valence-corrected chi connectivity index (χ3v) is 2.83. The first-order chi connectivity index (χ1) is 6.70. The number of nitrogens with zero attached hydrogens (tertiary/aromatic N) is 1. The molecule has 3 heteroatoms. The molecule has 0 radical (unpaired) electrons. The monoisotopic (exact) mass is 191 g/mol. The summed E-state index contributed by atoms with van der Waals surface area (Å²) in [6.45, 7) is 4.20. The summed E-state index contributed by atoms with van der Waals surface area (Å²) in [7, 11) is 0.